The number of hydrogen-bond donors (Lipinski definition) is 3. The number of carbonyl (C=O) groups is 2. The lowest BCUT2D eigenvalue weighted by Gasteiger charge is -2.11. The van der Waals surface area contributed by atoms with Crippen molar-refractivity contribution >= 4 is 34.4 Å². The number of carbonyl (C=O) groups excluding carboxylic acids is 2. The van der Waals surface area contributed by atoms with Crippen molar-refractivity contribution in [2.75, 3.05) is 5.32 Å². The molecule has 1 atom stereocenters. The third kappa shape index (κ3) is 9.88. The summed E-state index contributed by atoms with van der Waals surface area (Å²) in [6.07, 6.45) is -1.27. The Balaban J connectivity index is 1.10. The van der Waals surface area contributed by atoms with Gasteiger partial charge in [0.2, 0.25) is 11.8 Å². The van der Waals surface area contributed by atoms with Crippen LogP contribution in [0.4, 0.5) is 19.0 Å². The highest BCUT2D eigenvalue weighted by molar-refractivity contribution is 8.14. The smallest absolute Gasteiger partial charge is 0.406 e. The molecule has 3 N–H and O–H groups in total. The Morgan fingerprint density at radius 1 is 0.875 bits per heavy atom. The molecule has 4 rings (SSSR count). The molecule has 210 valence electrons. The van der Waals surface area contributed by atoms with E-state index in [1.807, 2.05) is 30.3 Å². The molecule has 3 aromatic rings. The van der Waals surface area contributed by atoms with E-state index in [0.717, 1.165) is 47.7 Å². The molecular formula is C27H27F3N6O3S. The molecule has 0 saturated heterocycles. The monoisotopic (exact) mass is 572 g/mol. The fourth-order valence-electron chi connectivity index (χ4n) is 3.80. The van der Waals surface area contributed by atoms with Gasteiger partial charge in [0.1, 0.15) is 5.75 Å². The molecule has 0 radical (unpaired) electrons. The lowest BCUT2D eigenvalue weighted by molar-refractivity contribution is -0.274. The number of benzene rings is 2. The van der Waals surface area contributed by atoms with Crippen molar-refractivity contribution in [3.8, 4) is 5.75 Å². The van der Waals surface area contributed by atoms with Crippen molar-refractivity contribution < 1.29 is 27.5 Å². The zero-order valence-corrected chi connectivity index (χ0v) is 22.1. The van der Waals surface area contributed by atoms with Crippen molar-refractivity contribution in [1.29, 1.82) is 0 Å². The van der Waals surface area contributed by atoms with E-state index < -0.39 is 6.36 Å². The number of aryl methyl sites for hydroxylation is 1. The summed E-state index contributed by atoms with van der Waals surface area (Å²) in [6, 6.07) is 18.1. The van der Waals surface area contributed by atoms with Gasteiger partial charge in [0, 0.05) is 0 Å². The number of unbranched alkanes of at least 4 members (excludes halogenated alkanes) is 1. The van der Waals surface area contributed by atoms with Crippen LogP contribution in [0.3, 0.4) is 0 Å². The Hall–Kier alpha value is -4.13. The van der Waals surface area contributed by atoms with Crippen molar-refractivity contribution in [1.82, 2.24) is 20.9 Å². The highest BCUT2D eigenvalue weighted by atomic mass is 32.2. The van der Waals surface area contributed by atoms with Crippen LogP contribution >= 0.6 is 11.8 Å². The molecule has 13 heteroatoms. The van der Waals surface area contributed by atoms with E-state index in [1.54, 1.807) is 12.1 Å². The average molecular weight is 573 g/mol. The van der Waals surface area contributed by atoms with Crippen LogP contribution in [-0.4, -0.2) is 38.9 Å². The number of nitrogens with zero attached hydrogens (tertiary/aromatic N) is 3. The Labute approximate surface area is 233 Å². The average Bonchev–Trinajstić information content (AvgIpc) is 3.35. The molecule has 1 aliphatic rings. The third-order valence-electron chi connectivity index (χ3n) is 5.64. The van der Waals surface area contributed by atoms with Crippen molar-refractivity contribution in [2.45, 2.75) is 50.4 Å². The fraction of sp³-hybridized carbons (Fsp3) is 0.296. The zero-order valence-electron chi connectivity index (χ0n) is 21.3. The summed E-state index contributed by atoms with van der Waals surface area (Å²) < 4.78 is 40.6. The van der Waals surface area contributed by atoms with Crippen LogP contribution in [0.25, 0.3) is 0 Å². The Morgan fingerprint density at radius 2 is 1.57 bits per heavy atom. The van der Waals surface area contributed by atoms with Gasteiger partial charge in [-0.1, -0.05) is 54.2 Å². The van der Waals surface area contributed by atoms with E-state index in [2.05, 4.69) is 36.1 Å². The van der Waals surface area contributed by atoms with Crippen LogP contribution in [0.2, 0.25) is 0 Å². The van der Waals surface area contributed by atoms with E-state index in [-0.39, 0.29) is 35.3 Å². The minimum atomic E-state index is -4.77. The van der Waals surface area contributed by atoms with Gasteiger partial charge in [0.05, 0.1) is 23.6 Å². The number of hydrogen-bond acceptors (Lipinski definition) is 8. The van der Waals surface area contributed by atoms with Crippen LogP contribution in [0, 0.1) is 0 Å². The summed E-state index contributed by atoms with van der Waals surface area (Å²) in [4.78, 5) is 24.5. The van der Waals surface area contributed by atoms with Crippen LogP contribution in [0.15, 0.2) is 71.8 Å². The highest BCUT2D eigenvalue weighted by Crippen LogP contribution is 2.23. The van der Waals surface area contributed by atoms with E-state index in [0.29, 0.717) is 18.4 Å². The van der Waals surface area contributed by atoms with Gasteiger partial charge >= 0.3 is 6.36 Å². The molecule has 0 fully saturated rings. The predicted octanol–water partition coefficient (Wildman–Crippen LogP) is 4.56. The number of alkyl halides is 3. The molecule has 40 heavy (non-hydrogen) atoms. The number of anilines is 1. The van der Waals surface area contributed by atoms with Gasteiger partial charge in [-0.15, -0.1) is 18.3 Å². The number of halogens is 3. The third-order valence-corrected chi connectivity index (χ3v) is 6.67. The van der Waals surface area contributed by atoms with Crippen LogP contribution < -0.4 is 20.8 Å². The maximum Gasteiger partial charge on any atom is 0.573 e. The lowest BCUT2D eigenvalue weighted by atomic mass is 10.1. The number of amides is 2. The van der Waals surface area contributed by atoms with Gasteiger partial charge in [-0.25, -0.2) is 0 Å². The fourth-order valence-corrected chi connectivity index (χ4v) is 4.73. The van der Waals surface area contributed by atoms with Gasteiger partial charge in [-0.3, -0.25) is 15.0 Å². The Morgan fingerprint density at radius 3 is 2.27 bits per heavy atom. The molecule has 2 aromatic carbocycles. The second-order valence-corrected chi connectivity index (χ2v) is 10.1. The van der Waals surface area contributed by atoms with Crippen molar-refractivity contribution in [3.05, 3.63) is 83.6 Å². The van der Waals surface area contributed by atoms with E-state index in [1.165, 1.54) is 23.9 Å². The minimum absolute atomic E-state index is 0.0377. The topological polar surface area (TPSA) is 118 Å². The molecule has 0 spiro atoms. The van der Waals surface area contributed by atoms with E-state index in [9.17, 15) is 22.8 Å². The number of aromatic nitrogens is 2. The normalized spacial score (nSPS) is 14.7. The van der Waals surface area contributed by atoms with Gasteiger partial charge < -0.3 is 15.4 Å². The SMILES string of the molecule is O=C(Cc1ccc(OC(F)(F)F)cc1)Nc1ccc(CCCCC2=NNC(NC(=O)Cc3ccccc3)S2)nn1. The number of nitrogens with one attached hydrogen (secondary N) is 3. The largest absolute Gasteiger partial charge is 0.573 e. The summed E-state index contributed by atoms with van der Waals surface area (Å²) in [5.41, 5.74) is 4.93. The molecule has 1 unspecified atom stereocenters. The molecule has 9 nitrogen and oxygen atoms in total. The van der Waals surface area contributed by atoms with Gasteiger partial charge in [0.15, 0.2) is 11.3 Å². The molecule has 1 aromatic heterocycles. The maximum atomic E-state index is 12.3. The molecule has 2 heterocycles. The molecular weight excluding hydrogens is 545 g/mol. The number of rotatable bonds is 12. The first-order valence-corrected chi connectivity index (χ1v) is 13.4. The van der Waals surface area contributed by atoms with E-state index in [4.69, 9.17) is 0 Å². The Bertz CT molecular complexity index is 1310. The summed E-state index contributed by atoms with van der Waals surface area (Å²) in [5.74, 6) is -0.505. The lowest BCUT2D eigenvalue weighted by Crippen LogP contribution is -2.39. The second kappa shape index (κ2) is 13.8. The summed E-state index contributed by atoms with van der Waals surface area (Å²) in [6.45, 7) is 0. The van der Waals surface area contributed by atoms with E-state index >= 15 is 0 Å². The van der Waals surface area contributed by atoms with Crippen LogP contribution in [0.1, 0.15) is 36.1 Å². The molecule has 0 bridgehead atoms. The van der Waals surface area contributed by atoms with Crippen LogP contribution in [0.5, 0.6) is 5.75 Å². The maximum absolute atomic E-state index is 12.3. The first-order chi connectivity index (χ1) is 19.2. The quantitative estimate of drug-likeness (QED) is 0.272. The first kappa shape index (κ1) is 28.9. The zero-order chi connectivity index (χ0) is 28.4. The first-order valence-electron chi connectivity index (χ1n) is 12.5. The summed E-state index contributed by atoms with van der Waals surface area (Å²) in [7, 11) is 0. The van der Waals surface area contributed by atoms with Gasteiger partial charge in [-0.2, -0.15) is 10.2 Å². The number of hydrazone groups is 1. The van der Waals surface area contributed by atoms with Crippen molar-refractivity contribution in [3.63, 3.8) is 0 Å². The van der Waals surface area contributed by atoms with Gasteiger partial charge in [-0.05, 0) is 61.1 Å². The molecule has 1 aliphatic heterocycles. The standard InChI is InChI=1S/C27H27F3N6O3S/c28-27(29,30)39-21-13-10-19(11-14-21)17-23(37)31-22-15-12-20(33-34-22)8-4-5-9-25-35-36-26(40-25)32-24(38)16-18-6-2-1-3-7-18/h1-3,6-7,10-15,26,36H,4-5,8-9,16-17H2,(H,32,38)(H,31,34,37). The second-order valence-electron chi connectivity index (χ2n) is 8.90. The Kier molecular flexibility index (Phi) is 9.95. The van der Waals surface area contributed by atoms with Crippen molar-refractivity contribution in [2.24, 2.45) is 5.10 Å². The van der Waals surface area contributed by atoms with Gasteiger partial charge in [0.25, 0.3) is 0 Å². The molecule has 0 aliphatic carbocycles. The number of ether oxygens (including phenoxy) is 1. The summed E-state index contributed by atoms with van der Waals surface area (Å²) >= 11 is 1.49. The van der Waals surface area contributed by atoms with Crippen LogP contribution in [-0.2, 0) is 28.9 Å². The molecule has 0 saturated carbocycles. The summed E-state index contributed by atoms with van der Waals surface area (Å²) in [5, 5.41) is 19.0. The molecule has 2 amide bonds. The minimum Gasteiger partial charge on any atom is -0.406 e. The highest BCUT2D eigenvalue weighted by Gasteiger charge is 2.31. The predicted molar refractivity (Wildman–Crippen MR) is 145 cm³/mol. The number of thioether (sulfide) groups is 1.